The lowest BCUT2D eigenvalue weighted by atomic mass is 9.45. The summed E-state index contributed by atoms with van der Waals surface area (Å²) in [5.41, 5.74) is -0.0681. The minimum absolute atomic E-state index is 0. The van der Waals surface area contributed by atoms with E-state index in [9.17, 15) is 9.59 Å². The van der Waals surface area contributed by atoms with Crippen LogP contribution < -0.4 is 0 Å². The van der Waals surface area contributed by atoms with Gasteiger partial charge >= 0.3 is 0 Å². The Labute approximate surface area is 133 Å². The molecule has 3 nitrogen and oxygen atoms in total. The highest BCUT2D eigenvalue weighted by Crippen LogP contribution is 2.64. The zero-order valence-electron chi connectivity index (χ0n) is 14.0. The molecule has 0 bridgehead atoms. The van der Waals surface area contributed by atoms with Crippen molar-refractivity contribution in [1.82, 2.24) is 0 Å². The van der Waals surface area contributed by atoms with Crippen LogP contribution in [-0.4, -0.2) is 17.0 Å². The van der Waals surface area contributed by atoms with Gasteiger partial charge in [0.1, 0.15) is 11.6 Å². The van der Waals surface area contributed by atoms with Crippen LogP contribution in [0.3, 0.4) is 0 Å². The molecular formula is C19H30O3. The maximum absolute atomic E-state index is 13.0. The van der Waals surface area contributed by atoms with Crippen molar-refractivity contribution in [2.24, 2.45) is 34.5 Å². The summed E-state index contributed by atoms with van der Waals surface area (Å²) in [6.45, 7) is 4.50. The second-order valence-electron chi connectivity index (χ2n) is 8.80. The molecule has 0 aliphatic heterocycles. The first kappa shape index (κ1) is 16.2. The standard InChI is InChI=1S/C19H28O2.H2O/c1-18-10-4-3-5-12(18)6-7-13-14-8-9-16(21)19(14,2)11-15(20)17(13)18;/h12-14,17H,3-11H2,1-2H3;1H2/t12-,13+,14+,17-,18+,19+;/m1./s1. The van der Waals surface area contributed by atoms with E-state index in [1.807, 2.05) is 0 Å². The molecule has 4 aliphatic rings. The second kappa shape index (κ2) is 5.15. The van der Waals surface area contributed by atoms with Gasteiger partial charge in [-0.15, -0.1) is 0 Å². The van der Waals surface area contributed by atoms with Crippen LogP contribution in [0.1, 0.15) is 71.6 Å². The summed E-state index contributed by atoms with van der Waals surface area (Å²) < 4.78 is 0. The maximum atomic E-state index is 13.0. The van der Waals surface area contributed by atoms with E-state index in [1.165, 1.54) is 38.5 Å². The summed E-state index contributed by atoms with van der Waals surface area (Å²) in [7, 11) is 0. The normalized spacial score (nSPS) is 50.6. The van der Waals surface area contributed by atoms with E-state index in [0.717, 1.165) is 18.8 Å². The van der Waals surface area contributed by atoms with Crippen LogP contribution in [0.4, 0.5) is 0 Å². The van der Waals surface area contributed by atoms with Gasteiger partial charge in [-0.1, -0.05) is 26.7 Å². The van der Waals surface area contributed by atoms with Crippen LogP contribution in [0.5, 0.6) is 0 Å². The molecule has 0 unspecified atom stereocenters. The van der Waals surface area contributed by atoms with Gasteiger partial charge in [-0.25, -0.2) is 0 Å². The number of hydrogen-bond donors (Lipinski definition) is 0. The van der Waals surface area contributed by atoms with Gasteiger partial charge in [0.25, 0.3) is 0 Å². The Morgan fingerprint density at radius 3 is 2.55 bits per heavy atom. The van der Waals surface area contributed by atoms with E-state index < -0.39 is 0 Å². The molecule has 22 heavy (non-hydrogen) atoms. The molecule has 0 saturated heterocycles. The summed E-state index contributed by atoms with van der Waals surface area (Å²) >= 11 is 0. The Bertz CT molecular complexity index is 499. The van der Waals surface area contributed by atoms with Crippen LogP contribution in [0.15, 0.2) is 0 Å². The molecule has 3 heteroatoms. The number of Topliss-reactive ketones (excluding diaryl/α,β-unsaturated/α-hetero) is 2. The van der Waals surface area contributed by atoms with Crippen molar-refractivity contribution in [3.05, 3.63) is 0 Å². The maximum Gasteiger partial charge on any atom is 0.139 e. The monoisotopic (exact) mass is 306 g/mol. The number of hydrogen-bond acceptors (Lipinski definition) is 2. The largest absolute Gasteiger partial charge is 0.412 e. The van der Waals surface area contributed by atoms with Crippen LogP contribution in [0, 0.1) is 34.5 Å². The number of carbonyl (C=O) groups excluding carboxylic acids is 2. The Balaban J connectivity index is 0.00000144. The van der Waals surface area contributed by atoms with Gasteiger partial charge in [0, 0.05) is 24.2 Å². The van der Waals surface area contributed by atoms with Gasteiger partial charge in [0.2, 0.25) is 0 Å². The number of ketones is 2. The van der Waals surface area contributed by atoms with E-state index in [1.54, 1.807) is 0 Å². The van der Waals surface area contributed by atoms with Crippen molar-refractivity contribution in [2.75, 3.05) is 0 Å². The van der Waals surface area contributed by atoms with E-state index in [4.69, 9.17) is 0 Å². The Kier molecular flexibility index (Phi) is 3.79. The number of fused-ring (bicyclic) bond motifs is 5. The molecular weight excluding hydrogens is 276 g/mol. The lowest BCUT2D eigenvalue weighted by Gasteiger charge is -2.58. The van der Waals surface area contributed by atoms with Gasteiger partial charge in [0.15, 0.2) is 0 Å². The van der Waals surface area contributed by atoms with Crippen LogP contribution >= 0.6 is 0 Å². The van der Waals surface area contributed by atoms with Crippen molar-refractivity contribution in [2.45, 2.75) is 71.6 Å². The molecule has 0 aromatic rings. The minimum atomic E-state index is -0.309. The van der Waals surface area contributed by atoms with Crippen LogP contribution in [-0.2, 0) is 9.59 Å². The Morgan fingerprint density at radius 2 is 1.77 bits per heavy atom. The van der Waals surface area contributed by atoms with E-state index in [-0.39, 0.29) is 22.2 Å². The molecule has 4 rings (SSSR count). The van der Waals surface area contributed by atoms with Gasteiger partial charge in [-0.2, -0.15) is 0 Å². The zero-order chi connectivity index (χ0) is 14.8. The summed E-state index contributed by atoms with van der Waals surface area (Å²) in [6.07, 6.45) is 10.0. The predicted molar refractivity (Wildman–Crippen MR) is 85.4 cm³/mol. The van der Waals surface area contributed by atoms with E-state index in [2.05, 4.69) is 13.8 Å². The molecule has 0 radical (unpaired) electrons. The average Bonchev–Trinajstić information content (AvgIpc) is 2.73. The molecule has 2 N–H and O–H groups in total. The van der Waals surface area contributed by atoms with Crippen molar-refractivity contribution in [3.63, 3.8) is 0 Å². The third-order valence-corrected chi connectivity index (χ3v) is 7.98. The number of carbonyl (C=O) groups is 2. The predicted octanol–water partition coefficient (Wildman–Crippen LogP) is 3.34. The fourth-order valence-corrected chi connectivity index (χ4v) is 6.89. The van der Waals surface area contributed by atoms with Gasteiger partial charge in [-0.05, 0) is 55.3 Å². The smallest absolute Gasteiger partial charge is 0.139 e. The van der Waals surface area contributed by atoms with Gasteiger partial charge < -0.3 is 5.48 Å². The Morgan fingerprint density at radius 1 is 1.00 bits per heavy atom. The fraction of sp³-hybridized carbons (Fsp3) is 0.895. The molecule has 4 aliphatic carbocycles. The molecule has 4 saturated carbocycles. The molecule has 0 spiro atoms. The highest BCUT2D eigenvalue weighted by molar-refractivity contribution is 5.95. The highest BCUT2D eigenvalue weighted by Gasteiger charge is 2.62. The first-order chi connectivity index (χ1) is 9.97. The minimum Gasteiger partial charge on any atom is -0.412 e. The van der Waals surface area contributed by atoms with Crippen LogP contribution in [0.2, 0.25) is 0 Å². The molecule has 0 aromatic carbocycles. The third kappa shape index (κ3) is 1.90. The molecule has 0 heterocycles. The van der Waals surface area contributed by atoms with Crippen molar-refractivity contribution >= 4 is 11.6 Å². The van der Waals surface area contributed by atoms with Gasteiger partial charge in [0.05, 0.1) is 0 Å². The van der Waals surface area contributed by atoms with Crippen molar-refractivity contribution < 1.29 is 15.1 Å². The zero-order valence-corrected chi connectivity index (χ0v) is 14.0. The average molecular weight is 306 g/mol. The van der Waals surface area contributed by atoms with Crippen LogP contribution in [0.25, 0.3) is 0 Å². The Hall–Kier alpha value is -0.700. The number of rotatable bonds is 0. The third-order valence-electron chi connectivity index (χ3n) is 7.98. The summed E-state index contributed by atoms with van der Waals surface area (Å²) in [6, 6.07) is 0. The molecule has 6 atom stereocenters. The summed E-state index contributed by atoms with van der Waals surface area (Å²) in [5.74, 6) is 2.83. The molecule has 4 fully saturated rings. The van der Waals surface area contributed by atoms with Crippen molar-refractivity contribution in [3.8, 4) is 0 Å². The summed E-state index contributed by atoms with van der Waals surface area (Å²) in [4.78, 5) is 25.4. The highest BCUT2D eigenvalue weighted by atomic mass is 16.1. The topological polar surface area (TPSA) is 65.6 Å². The first-order valence-electron chi connectivity index (χ1n) is 9.03. The quantitative estimate of drug-likeness (QED) is 0.689. The van der Waals surface area contributed by atoms with Crippen molar-refractivity contribution in [1.29, 1.82) is 0 Å². The van der Waals surface area contributed by atoms with Gasteiger partial charge in [-0.3, -0.25) is 9.59 Å². The molecule has 0 amide bonds. The second-order valence-corrected chi connectivity index (χ2v) is 8.80. The SMILES string of the molecule is C[C@]12CCCC[C@@H]1CC[C@@H]1[C@@H]2C(=O)C[C@]2(C)C(=O)CC[C@@H]12.O. The van der Waals surface area contributed by atoms with E-state index in [0.29, 0.717) is 29.8 Å². The fourth-order valence-electron chi connectivity index (χ4n) is 6.89. The molecule has 124 valence electrons. The first-order valence-corrected chi connectivity index (χ1v) is 9.03. The summed E-state index contributed by atoms with van der Waals surface area (Å²) in [5, 5.41) is 0. The lowest BCUT2D eigenvalue weighted by Crippen LogP contribution is -2.56. The lowest BCUT2D eigenvalue weighted by molar-refractivity contribution is -0.159. The van der Waals surface area contributed by atoms with E-state index >= 15 is 0 Å². The molecule has 0 aromatic heterocycles.